The first kappa shape index (κ1) is 14.6. The van der Waals surface area contributed by atoms with E-state index >= 15 is 0 Å². The van der Waals surface area contributed by atoms with Gasteiger partial charge in [-0.3, -0.25) is 4.79 Å². The first-order valence-electron chi connectivity index (χ1n) is 6.59. The number of carbonyl (C=O) groups excluding carboxylic acids is 1. The van der Waals surface area contributed by atoms with Crippen molar-refractivity contribution in [2.45, 2.75) is 39.5 Å². The molecule has 0 radical (unpaired) electrons. The molecule has 1 rings (SSSR count). The average Bonchev–Trinajstić information content (AvgIpc) is 2.39. The first-order chi connectivity index (χ1) is 8.69. The van der Waals surface area contributed by atoms with Gasteiger partial charge in [0, 0.05) is 19.3 Å². The van der Waals surface area contributed by atoms with Gasteiger partial charge in [0.25, 0.3) is 5.91 Å². The minimum absolute atomic E-state index is 0.0515. The van der Waals surface area contributed by atoms with Gasteiger partial charge in [0.1, 0.15) is 0 Å². The van der Waals surface area contributed by atoms with Crippen LogP contribution in [0.25, 0.3) is 0 Å². The van der Waals surface area contributed by atoms with Crippen LogP contribution in [0.5, 0.6) is 0 Å². The molecule has 100 valence electrons. The molecule has 0 aliphatic rings. The summed E-state index contributed by atoms with van der Waals surface area (Å²) in [4.78, 5) is 17.6. The van der Waals surface area contributed by atoms with Gasteiger partial charge in [-0.2, -0.15) is 4.39 Å². The molecule has 0 saturated carbocycles. The maximum atomic E-state index is 12.7. The van der Waals surface area contributed by atoms with E-state index in [1.165, 1.54) is 18.3 Å². The highest BCUT2D eigenvalue weighted by Gasteiger charge is 2.15. The van der Waals surface area contributed by atoms with Gasteiger partial charge in [-0.05, 0) is 25.0 Å². The molecule has 4 heteroatoms. The van der Waals surface area contributed by atoms with E-state index in [4.69, 9.17) is 0 Å². The van der Waals surface area contributed by atoms with E-state index in [0.717, 1.165) is 38.8 Å². The molecule has 0 atom stereocenters. The van der Waals surface area contributed by atoms with Crippen LogP contribution in [-0.2, 0) is 0 Å². The average molecular weight is 252 g/mol. The fourth-order valence-electron chi connectivity index (χ4n) is 1.70. The summed E-state index contributed by atoms with van der Waals surface area (Å²) >= 11 is 0. The van der Waals surface area contributed by atoms with Crippen LogP contribution in [0.15, 0.2) is 18.3 Å². The molecule has 0 spiro atoms. The highest BCUT2D eigenvalue weighted by Crippen LogP contribution is 2.07. The maximum Gasteiger partial charge on any atom is 0.255 e. The molecule has 0 aromatic carbocycles. The molecule has 1 amide bonds. The van der Waals surface area contributed by atoms with Gasteiger partial charge in [-0.25, -0.2) is 4.98 Å². The Labute approximate surface area is 108 Å². The van der Waals surface area contributed by atoms with Crippen molar-refractivity contribution < 1.29 is 9.18 Å². The van der Waals surface area contributed by atoms with Crippen molar-refractivity contribution in [1.82, 2.24) is 9.88 Å². The highest BCUT2D eigenvalue weighted by atomic mass is 19.1. The predicted molar refractivity (Wildman–Crippen MR) is 69.9 cm³/mol. The number of amides is 1. The van der Waals surface area contributed by atoms with Crippen LogP contribution in [0.4, 0.5) is 4.39 Å². The van der Waals surface area contributed by atoms with Gasteiger partial charge < -0.3 is 4.90 Å². The summed E-state index contributed by atoms with van der Waals surface area (Å²) in [5.74, 6) is -0.607. The second-order valence-electron chi connectivity index (χ2n) is 4.37. The van der Waals surface area contributed by atoms with Crippen molar-refractivity contribution in [3.63, 3.8) is 0 Å². The Balaban J connectivity index is 2.70. The highest BCUT2D eigenvalue weighted by molar-refractivity contribution is 5.93. The molecule has 0 bridgehead atoms. The predicted octanol–water partition coefficient (Wildman–Crippen LogP) is 3.26. The molecule has 18 heavy (non-hydrogen) atoms. The van der Waals surface area contributed by atoms with Crippen LogP contribution < -0.4 is 0 Å². The molecule has 3 nitrogen and oxygen atoms in total. The number of carbonyl (C=O) groups is 1. The van der Waals surface area contributed by atoms with Crippen LogP contribution in [0.2, 0.25) is 0 Å². The SMILES string of the molecule is CCCCN(CCCC)C(=O)c1ccc(F)nc1. The molecule has 0 aliphatic carbocycles. The number of unbranched alkanes of at least 4 members (excludes halogenated alkanes) is 2. The molecule has 1 aromatic rings. The Morgan fingerprint density at radius 3 is 2.28 bits per heavy atom. The van der Waals surface area contributed by atoms with E-state index in [2.05, 4.69) is 18.8 Å². The fourth-order valence-corrected chi connectivity index (χ4v) is 1.70. The minimum Gasteiger partial charge on any atom is -0.339 e. The van der Waals surface area contributed by atoms with E-state index < -0.39 is 5.95 Å². The Hall–Kier alpha value is -1.45. The molecule has 0 aliphatic heterocycles. The normalized spacial score (nSPS) is 10.4. The minimum atomic E-state index is -0.555. The van der Waals surface area contributed by atoms with Crippen LogP contribution in [0, 0.1) is 5.95 Å². The molecular formula is C14H21FN2O. The van der Waals surface area contributed by atoms with Crippen molar-refractivity contribution in [1.29, 1.82) is 0 Å². The van der Waals surface area contributed by atoms with Gasteiger partial charge in [0.05, 0.1) is 5.56 Å². The van der Waals surface area contributed by atoms with E-state index in [1.807, 2.05) is 4.90 Å². The van der Waals surface area contributed by atoms with Gasteiger partial charge in [0.15, 0.2) is 0 Å². The molecule has 1 heterocycles. The summed E-state index contributed by atoms with van der Waals surface area (Å²) in [6.45, 7) is 5.71. The second kappa shape index (κ2) is 7.80. The Morgan fingerprint density at radius 1 is 1.22 bits per heavy atom. The van der Waals surface area contributed by atoms with E-state index in [0.29, 0.717) is 5.56 Å². The third-order valence-corrected chi connectivity index (χ3v) is 2.82. The Bertz CT molecular complexity index is 357. The fraction of sp³-hybridized carbons (Fsp3) is 0.571. The van der Waals surface area contributed by atoms with E-state index in [9.17, 15) is 9.18 Å². The lowest BCUT2D eigenvalue weighted by Crippen LogP contribution is -2.33. The monoisotopic (exact) mass is 252 g/mol. The summed E-state index contributed by atoms with van der Waals surface area (Å²) in [5, 5.41) is 0. The van der Waals surface area contributed by atoms with Gasteiger partial charge in [-0.15, -0.1) is 0 Å². The van der Waals surface area contributed by atoms with Crippen molar-refractivity contribution in [3.05, 3.63) is 29.8 Å². The lowest BCUT2D eigenvalue weighted by Gasteiger charge is -2.22. The van der Waals surface area contributed by atoms with Gasteiger partial charge >= 0.3 is 0 Å². The summed E-state index contributed by atoms with van der Waals surface area (Å²) < 4.78 is 12.7. The van der Waals surface area contributed by atoms with E-state index in [1.54, 1.807) is 0 Å². The zero-order chi connectivity index (χ0) is 13.4. The van der Waals surface area contributed by atoms with Crippen LogP contribution in [-0.4, -0.2) is 28.9 Å². The lowest BCUT2D eigenvalue weighted by atomic mass is 10.2. The van der Waals surface area contributed by atoms with Crippen molar-refractivity contribution in [2.75, 3.05) is 13.1 Å². The molecule has 0 N–H and O–H groups in total. The summed E-state index contributed by atoms with van der Waals surface area (Å²) in [7, 11) is 0. The van der Waals surface area contributed by atoms with Gasteiger partial charge in [-0.1, -0.05) is 26.7 Å². The summed E-state index contributed by atoms with van der Waals surface area (Å²) in [5.41, 5.74) is 0.462. The van der Waals surface area contributed by atoms with Gasteiger partial charge in [0.2, 0.25) is 5.95 Å². The Morgan fingerprint density at radius 2 is 1.83 bits per heavy atom. The second-order valence-corrected chi connectivity index (χ2v) is 4.37. The number of pyridine rings is 1. The molecular weight excluding hydrogens is 231 g/mol. The van der Waals surface area contributed by atoms with Crippen LogP contribution in [0.3, 0.4) is 0 Å². The molecule has 0 unspecified atom stereocenters. The van der Waals surface area contributed by atoms with E-state index in [-0.39, 0.29) is 5.91 Å². The lowest BCUT2D eigenvalue weighted by molar-refractivity contribution is 0.0750. The quantitative estimate of drug-likeness (QED) is 0.698. The van der Waals surface area contributed by atoms with Crippen LogP contribution in [0.1, 0.15) is 49.9 Å². The zero-order valence-electron chi connectivity index (χ0n) is 11.2. The number of nitrogens with zero attached hydrogens (tertiary/aromatic N) is 2. The smallest absolute Gasteiger partial charge is 0.255 e. The number of hydrogen-bond acceptors (Lipinski definition) is 2. The largest absolute Gasteiger partial charge is 0.339 e. The number of aromatic nitrogens is 1. The number of hydrogen-bond donors (Lipinski definition) is 0. The number of halogens is 1. The third kappa shape index (κ3) is 4.43. The summed E-state index contributed by atoms with van der Waals surface area (Å²) in [6, 6.07) is 2.72. The topological polar surface area (TPSA) is 33.2 Å². The molecule has 1 aromatic heterocycles. The summed E-state index contributed by atoms with van der Waals surface area (Å²) in [6.07, 6.45) is 5.39. The third-order valence-electron chi connectivity index (χ3n) is 2.82. The zero-order valence-corrected chi connectivity index (χ0v) is 11.2. The van der Waals surface area contributed by atoms with Crippen LogP contribution >= 0.6 is 0 Å². The molecule has 0 saturated heterocycles. The number of rotatable bonds is 7. The van der Waals surface area contributed by atoms with Crippen molar-refractivity contribution in [2.24, 2.45) is 0 Å². The van der Waals surface area contributed by atoms with Crippen molar-refractivity contribution >= 4 is 5.91 Å². The van der Waals surface area contributed by atoms with Crippen molar-refractivity contribution in [3.8, 4) is 0 Å². The molecule has 0 fully saturated rings. The maximum absolute atomic E-state index is 12.7. The first-order valence-corrected chi connectivity index (χ1v) is 6.59. The standard InChI is InChI=1S/C14H21FN2O/c1-3-5-9-17(10-6-4-2)14(18)12-7-8-13(15)16-11-12/h7-8,11H,3-6,9-10H2,1-2H3. The Kier molecular flexibility index (Phi) is 6.33.